The highest BCUT2D eigenvalue weighted by Gasteiger charge is 2.33. The van der Waals surface area contributed by atoms with Crippen LogP contribution in [0, 0.1) is 11.8 Å². The number of allylic oxidation sites excluding steroid dienone is 2. The van der Waals surface area contributed by atoms with E-state index in [0.29, 0.717) is 45.1 Å². The van der Waals surface area contributed by atoms with E-state index in [1.54, 1.807) is 4.90 Å². The quantitative estimate of drug-likeness (QED) is 0.303. The molecule has 4 atom stereocenters. The summed E-state index contributed by atoms with van der Waals surface area (Å²) in [5, 5.41) is 13.2. The maximum Gasteiger partial charge on any atom is 0.309 e. The fourth-order valence-electron chi connectivity index (χ4n) is 6.20. The molecule has 5 rings (SSSR count). The molecule has 0 spiro atoms. The molecule has 0 saturated carbocycles. The number of nitrogens with zero attached hydrogens (tertiary/aromatic N) is 1. The number of ether oxygens (including phenoxy) is 1. The van der Waals surface area contributed by atoms with Crippen LogP contribution in [0.1, 0.15) is 47.9 Å². The highest BCUT2D eigenvalue weighted by Crippen LogP contribution is 2.26. The number of carbonyl (C=O) groups is 3. The number of esters is 1. The lowest BCUT2D eigenvalue weighted by molar-refractivity contribution is -0.150. The first-order valence-electron chi connectivity index (χ1n) is 15.7. The first-order chi connectivity index (χ1) is 21.5. The van der Waals surface area contributed by atoms with Gasteiger partial charge in [0.05, 0.1) is 30.5 Å². The molecule has 0 radical (unpaired) electrons. The van der Waals surface area contributed by atoms with Crippen molar-refractivity contribution in [1.29, 1.82) is 0 Å². The first-order valence-corrected chi connectivity index (χ1v) is 15.7. The standard InChI is InChI=1S/C37H42N2O5/c40-25-34-22-29-16-10-11-19-32(29)24-39(34)35(41)23-30-17-8-3-9-18-31(20-27-12-4-1-5-13-27)37(43)44-26-33(38-36(30)42)21-28-14-6-2-7-15-28/h1-8,10-16,19,30-31,33-34,40H,9,17-18,20-26H2,(H,38,42)/t30-,31-,33-,34+/m1/s1. The van der Waals surface area contributed by atoms with Crippen molar-refractivity contribution in [2.45, 2.75) is 63.6 Å². The topological polar surface area (TPSA) is 95.9 Å². The number of rotatable bonds is 7. The molecule has 2 heterocycles. The molecule has 0 bridgehead atoms. The summed E-state index contributed by atoms with van der Waals surface area (Å²) in [5.74, 6) is -1.54. The third-order valence-electron chi connectivity index (χ3n) is 8.70. The minimum atomic E-state index is -0.592. The van der Waals surface area contributed by atoms with Crippen molar-refractivity contribution in [3.63, 3.8) is 0 Å². The Hall–Kier alpha value is -4.23. The predicted octanol–water partition coefficient (Wildman–Crippen LogP) is 4.81. The molecule has 2 N–H and O–H groups in total. The van der Waals surface area contributed by atoms with Crippen molar-refractivity contribution in [1.82, 2.24) is 10.2 Å². The van der Waals surface area contributed by atoms with E-state index in [1.807, 2.05) is 97.1 Å². The molecular weight excluding hydrogens is 552 g/mol. The maximum atomic E-state index is 13.8. The summed E-state index contributed by atoms with van der Waals surface area (Å²) in [6, 6.07) is 27.0. The van der Waals surface area contributed by atoms with Crippen LogP contribution < -0.4 is 5.32 Å². The second kappa shape index (κ2) is 15.5. The fourth-order valence-corrected chi connectivity index (χ4v) is 6.20. The molecule has 0 fully saturated rings. The van der Waals surface area contributed by atoms with Crippen LogP contribution in [0.25, 0.3) is 0 Å². The van der Waals surface area contributed by atoms with E-state index in [0.717, 1.165) is 22.3 Å². The Kier molecular flexibility index (Phi) is 11.0. The lowest BCUT2D eigenvalue weighted by Gasteiger charge is -2.36. The number of carbonyl (C=O) groups excluding carboxylic acids is 3. The van der Waals surface area contributed by atoms with Crippen molar-refractivity contribution in [2.75, 3.05) is 13.2 Å². The van der Waals surface area contributed by atoms with E-state index in [9.17, 15) is 19.5 Å². The molecule has 0 aliphatic carbocycles. The second-order valence-corrected chi connectivity index (χ2v) is 11.9. The molecule has 0 aromatic heterocycles. The smallest absolute Gasteiger partial charge is 0.309 e. The van der Waals surface area contributed by atoms with Gasteiger partial charge in [-0.05, 0) is 60.8 Å². The van der Waals surface area contributed by atoms with Crippen molar-refractivity contribution < 1.29 is 24.2 Å². The Labute approximate surface area is 259 Å². The van der Waals surface area contributed by atoms with Gasteiger partial charge in [0.1, 0.15) is 6.61 Å². The lowest BCUT2D eigenvalue weighted by atomic mass is 9.92. The third-order valence-corrected chi connectivity index (χ3v) is 8.70. The monoisotopic (exact) mass is 594 g/mol. The zero-order valence-corrected chi connectivity index (χ0v) is 25.1. The van der Waals surface area contributed by atoms with E-state index in [4.69, 9.17) is 4.74 Å². The average molecular weight is 595 g/mol. The van der Waals surface area contributed by atoms with Gasteiger partial charge in [0.15, 0.2) is 0 Å². The van der Waals surface area contributed by atoms with Crippen LogP contribution in [0.3, 0.4) is 0 Å². The number of hydrogen-bond acceptors (Lipinski definition) is 5. The number of hydrogen-bond donors (Lipinski definition) is 2. The molecule has 7 nitrogen and oxygen atoms in total. The Bertz CT molecular complexity index is 1420. The van der Waals surface area contributed by atoms with E-state index in [-0.39, 0.29) is 49.4 Å². The minimum Gasteiger partial charge on any atom is -0.463 e. The molecule has 3 aromatic carbocycles. The van der Waals surface area contributed by atoms with Crippen LogP contribution in [-0.2, 0) is 44.9 Å². The van der Waals surface area contributed by atoms with Crippen molar-refractivity contribution in [3.8, 4) is 0 Å². The Morgan fingerprint density at radius 2 is 1.50 bits per heavy atom. The number of benzene rings is 3. The highest BCUT2D eigenvalue weighted by molar-refractivity contribution is 5.86. The number of aliphatic hydroxyl groups excluding tert-OH is 1. The Morgan fingerprint density at radius 3 is 2.20 bits per heavy atom. The molecule has 230 valence electrons. The Morgan fingerprint density at radius 1 is 0.841 bits per heavy atom. The van der Waals surface area contributed by atoms with Gasteiger partial charge in [-0.25, -0.2) is 0 Å². The summed E-state index contributed by atoms with van der Waals surface area (Å²) in [7, 11) is 0. The summed E-state index contributed by atoms with van der Waals surface area (Å²) in [6.07, 6.45) is 7.36. The third kappa shape index (κ3) is 8.44. The summed E-state index contributed by atoms with van der Waals surface area (Å²) in [4.78, 5) is 42.5. The van der Waals surface area contributed by atoms with Gasteiger partial charge in [0, 0.05) is 13.0 Å². The summed E-state index contributed by atoms with van der Waals surface area (Å²) >= 11 is 0. The van der Waals surface area contributed by atoms with Crippen molar-refractivity contribution >= 4 is 17.8 Å². The van der Waals surface area contributed by atoms with Gasteiger partial charge < -0.3 is 20.1 Å². The van der Waals surface area contributed by atoms with Crippen LogP contribution in [0.15, 0.2) is 97.1 Å². The number of nitrogens with one attached hydrogen (secondary N) is 1. The second-order valence-electron chi connectivity index (χ2n) is 11.9. The lowest BCUT2D eigenvalue weighted by Crippen LogP contribution is -2.48. The van der Waals surface area contributed by atoms with E-state index in [1.165, 1.54) is 0 Å². The molecule has 44 heavy (non-hydrogen) atoms. The van der Waals surface area contributed by atoms with Crippen LogP contribution in [0.5, 0.6) is 0 Å². The summed E-state index contributed by atoms with van der Waals surface area (Å²) in [5.41, 5.74) is 4.31. The minimum absolute atomic E-state index is 0.0311. The highest BCUT2D eigenvalue weighted by atomic mass is 16.5. The van der Waals surface area contributed by atoms with Gasteiger partial charge in [0.25, 0.3) is 0 Å². The molecule has 0 saturated heterocycles. The van der Waals surface area contributed by atoms with Crippen LogP contribution in [-0.4, -0.2) is 53.1 Å². The normalized spacial score (nSPS) is 22.9. The summed E-state index contributed by atoms with van der Waals surface area (Å²) in [6.45, 7) is 0.333. The zero-order valence-electron chi connectivity index (χ0n) is 25.1. The van der Waals surface area contributed by atoms with Crippen LogP contribution in [0.4, 0.5) is 0 Å². The molecule has 2 aliphatic heterocycles. The zero-order chi connectivity index (χ0) is 30.7. The van der Waals surface area contributed by atoms with Gasteiger partial charge in [-0.1, -0.05) is 97.1 Å². The molecular formula is C37H42N2O5. The maximum absolute atomic E-state index is 13.8. The average Bonchev–Trinajstić information content (AvgIpc) is 3.06. The van der Waals surface area contributed by atoms with Crippen molar-refractivity contribution in [2.24, 2.45) is 11.8 Å². The Balaban J connectivity index is 1.34. The number of cyclic esters (lactones) is 1. The number of fused-ring (bicyclic) bond motifs is 1. The fraction of sp³-hybridized carbons (Fsp3) is 0.378. The van der Waals surface area contributed by atoms with Crippen LogP contribution >= 0.6 is 0 Å². The first kappa shape index (κ1) is 31.2. The largest absolute Gasteiger partial charge is 0.463 e. The van der Waals surface area contributed by atoms with Crippen LogP contribution in [0.2, 0.25) is 0 Å². The molecule has 0 unspecified atom stereocenters. The van der Waals surface area contributed by atoms with Crippen molar-refractivity contribution in [3.05, 3.63) is 119 Å². The van der Waals surface area contributed by atoms with Gasteiger partial charge in [-0.3, -0.25) is 14.4 Å². The van der Waals surface area contributed by atoms with Gasteiger partial charge in [-0.15, -0.1) is 0 Å². The van der Waals surface area contributed by atoms with E-state index < -0.39 is 12.0 Å². The van der Waals surface area contributed by atoms with Gasteiger partial charge in [-0.2, -0.15) is 0 Å². The molecule has 2 amide bonds. The summed E-state index contributed by atoms with van der Waals surface area (Å²) < 4.78 is 5.87. The molecule has 3 aromatic rings. The van der Waals surface area contributed by atoms with Gasteiger partial charge >= 0.3 is 5.97 Å². The number of amides is 2. The number of aliphatic hydroxyl groups is 1. The SMILES string of the molecule is O=C1N[C@H](Cc2ccccc2)COC(=O)[C@@H](Cc2ccccc2)CCC=CC[C@@H]1CC(=O)N1Cc2ccccc2C[C@H]1CO. The molecule has 7 heteroatoms. The van der Waals surface area contributed by atoms with E-state index in [2.05, 4.69) is 5.32 Å². The van der Waals surface area contributed by atoms with E-state index >= 15 is 0 Å². The predicted molar refractivity (Wildman–Crippen MR) is 169 cm³/mol. The molecule has 2 aliphatic rings. The van der Waals surface area contributed by atoms with Gasteiger partial charge in [0.2, 0.25) is 11.8 Å².